The molecule has 1 amide bonds. The van der Waals surface area contributed by atoms with Crippen LogP contribution in [0.4, 0.5) is 0 Å². The molecule has 1 atom stereocenters. The van der Waals surface area contributed by atoms with Gasteiger partial charge in [0.05, 0.1) is 11.6 Å². The zero-order valence-corrected chi connectivity index (χ0v) is 15.2. The van der Waals surface area contributed by atoms with Gasteiger partial charge in [-0.15, -0.1) is 0 Å². The molecule has 134 valence electrons. The fraction of sp³-hybridized carbons (Fsp3) is 0.238. The van der Waals surface area contributed by atoms with Crippen LogP contribution in [0.15, 0.2) is 60.8 Å². The molecule has 0 aliphatic carbocycles. The highest BCUT2D eigenvalue weighted by atomic mass is 16.5. The molecule has 0 aliphatic rings. The molecule has 3 rings (SSSR count). The van der Waals surface area contributed by atoms with Crippen LogP contribution in [0.3, 0.4) is 0 Å². The third kappa shape index (κ3) is 3.47. The number of amides is 1. The number of hydrogen-bond donors (Lipinski definition) is 0. The molecular weight excluding hydrogens is 328 g/mol. The maximum Gasteiger partial charge on any atom is 0.340 e. The number of para-hydroxylation sites is 1. The van der Waals surface area contributed by atoms with E-state index in [1.54, 1.807) is 18.1 Å². The average molecular weight is 350 g/mol. The van der Waals surface area contributed by atoms with Crippen LogP contribution >= 0.6 is 0 Å². The monoisotopic (exact) mass is 350 g/mol. The number of fused-ring (bicyclic) bond motifs is 1. The van der Waals surface area contributed by atoms with Crippen LogP contribution in [0.2, 0.25) is 0 Å². The third-order valence-electron chi connectivity index (χ3n) is 4.70. The molecule has 5 nitrogen and oxygen atoms in total. The number of rotatable bonds is 5. The van der Waals surface area contributed by atoms with E-state index in [0.29, 0.717) is 5.56 Å². The Morgan fingerprint density at radius 3 is 2.46 bits per heavy atom. The average Bonchev–Trinajstić information content (AvgIpc) is 3.02. The minimum absolute atomic E-state index is 0.0973. The van der Waals surface area contributed by atoms with E-state index >= 15 is 0 Å². The van der Waals surface area contributed by atoms with Gasteiger partial charge in [0.15, 0.2) is 6.61 Å². The number of aromatic nitrogens is 1. The van der Waals surface area contributed by atoms with Crippen LogP contribution in [0.25, 0.3) is 10.9 Å². The number of likely N-dealkylation sites (N-methyl/N-ethyl adjacent to an activating group) is 1. The smallest absolute Gasteiger partial charge is 0.340 e. The van der Waals surface area contributed by atoms with Gasteiger partial charge in [-0.1, -0.05) is 48.5 Å². The molecule has 0 fully saturated rings. The predicted molar refractivity (Wildman–Crippen MR) is 101 cm³/mol. The van der Waals surface area contributed by atoms with Gasteiger partial charge in [0.25, 0.3) is 5.91 Å². The minimum atomic E-state index is -0.490. The zero-order chi connectivity index (χ0) is 18.7. The molecule has 26 heavy (non-hydrogen) atoms. The molecule has 0 saturated heterocycles. The van der Waals surface area contributed by atoms with Gasteiger partial charge < -0.3 is 14.2 Å². The van der Waals surface area contributed by atoms with E-state index < -0.39 is 5.97 Å². The molecule has 1 heterocycles. The number of ether oxygens (including phenoxy) is 1. The second kappa shape index (κ2) is 7.44. The first-order chi connectivity index (χ1) is 12.5. The molecule has 5 heteroatoms. The van der Waals surface area contributed by atoms with Crippen molar-refractivity contribution in [3.63, 3.8) is 0 Å². The van der Waals surface area contributed by atoms with E-state index in [0.717, 1.165) is 16.5 Å². The van der Waals surface area contributed by atoms with Crippen molar-refractivity contribution in [2.45, 2.75) is 13.0 Å². The Balaban J connectivity index is 1.66. The summed E-state index contributed by atoms with van der Waals surface area (Å²) in [5.74, 6) is -0.731. The summed E-state index contributed by atoms with van der Waals surface area (Å²) in [6.45, 7) is 1.66. The molecule has 0 bridgehead atoms. The van der Waals surface area contributed by atoms with E-state index in [1.807, 2.05) is 73.1 Å². The number of esters is 1. The van der Waals surface area contributed by atoms with Gasteiger partial charge in [0.1, 0.15) is 0 Å². The van der Waals surface area contributed by atoms with Crippen LogP contribution < -0.4 is 0 Å². The lowest BCUT2D eigenvalue weighted by Gasteiger charge is -2.25. The van der Waals surface area contributed by atoms with Crippen molar-refractivity contribution < 1.29 is 14.3 Å². The quantitative estimate of drug-likeness (QED) is 0.661. The number of carbonyl (C=O) groups is 2. The lowest BCUT2D eigenvalue weighted by molar-refractivity contribution is -0.135. The Hall–Kier alpha value is -3.08. The van der Waals surface area contributed by atoms with Crippen molar-refractivity contribution in [1.29, 1.82) is 0 Å². The van der Waals surface area contributed by atoms with Gasteiger partial charge in [-0.3, -0.25) is 4.79 Å². The summed E-state index contributed by atoms with van der Waals surface area (Å²) in [6.07, 6.45) is 1.73. The Morgan fingerprint density at radius 1 is 1.08 bits per heavy atom. The highest BCUT2D eigenvalue weighted by Gasteiger charge is 2.20. The summed E-state index contributed by atoms with van der Waals surface area (Å²) < 4.78 is 7.15. The molecule has 0 N–H and O–H groups in total. The molecular formula is C21H22N2O3. The highest BCUT2D eigenvalue weighted by Crippen LogP contribution is 2.21. The van der Waals surface area contributed by atoms with Crippen LogP contribution in [0.1, 0.15) is 28.9 Å². The molecule has 1 aromatic heterocycles. The Labute approximate surface area is 152 Å². The molecule has 2 aromatic carbocycles. The van der Waals surface area contributed by atoms with Gasteiger partial charge in [-0.05, 0) is 18.6 Å². The third-order valence-corrected chi connectivity index (χ3v) is 4.70. The summed E-state index contributed by atoms with van der Waals surface area (Å²) in [5, 5.41) is 0.818. The topological polar surface area (TPSA) is 51.5 Å². The van der Waals surface area contributed by atoms with Crippen molar-refractivity contribution in [1.82, 2.24) is 9.47 Å². The van der Waals surface area contributed by atoms with Crippen molar-refractivity contribution in [3.05, 3.63) is 71.9 Å². The van der Waals surface area contributed by atoms with Crippen molar-refractivity contribution in [3.8, 4) is 0 Å². The first-order valence-corrected chi connectivity index (χ1v) is 8.51. The summed E-state index contributed by atoms with van der Waals surface area (Å²) in [4.78, 5) is 26.4. The first-order valence-electron chi connectivity index (χ1n) is 8.51. The maximum absolute atomic E-state index is 12.4. The van der Waals surface area contributed by atoms with Crippen LogP contribution in [0.5, 0.6) is 0 Å². The molecule has 0 radical (unpaired) electrons. The van der Waals surface area contributed by atoms with Crippen LogP contribution in [-0.2, 0) is 16.6 Å². The summed E-state index contributed by atoms with van der Waals surface area (Å²) in [7, 11) is 3.59. The van der Waals surface area contributed by atoms with E-state index in [2.05, 4.69) is 0 Å². The molecule has 0 saturated carbocycles. The number of nitrogens with zero attached hydrogens (tertiary/aromatic N) is 2. The highest BCUT2D eigenvalue weighted by molar-refractivity contribution is 6.04. The van der Waals surface area contributed by atoms with E-state index in [4.69, 9.17) is 4.74 Å². The molecule has 0 spiro atoms. The number of carbonyl (C=O) groups excluding carboxylic acids is 2. The van der Waals surface area contributed by atoms with Gasteiger partial charge in [0.2, 0.25) is 0 Å². The van der Waals surface area contributed by atoms with Gasteiger partial charge >= 0.3 is 5.97 Å². The largest absolute Gasteiger partial charge is 0.452 e. The standard InChI is InChI=1S/C21H22N2O3/c1-15(16-9-5-4-6-10-16)23(3)20(24)14-26-21(25)18-13-22(2)19-12-8-7-11-17(18)19/h4-13,15H,14H2,1-3H3/t15-/m1/s1. The second-order valence-electron chi connectivity index (χ2n) is 6.34. The second-order valence-corrected chi connectivity index (χ2v) is 6.34. The Morgan fingerprint density at radius 2 is 1.73 bits per heavy atom. The van der Waals surface area contributed by atoms with Crippen LogP contribution in [0, 0.1) is 0 Å². The fourth-order valence-corrected chi connectivity index (χ4v) is 2.98. The summed E-state index contributed by atoms with van der Waals surface area (Å²) in [5.41, 5.74) is 2.44. The number of aryl methyl sites for hydroxylation is 1. The Bertz CT molecular complexity index is 931. The SMILES string of the molecule is C[C@H](c1ccccc1)N(C)C(=O)COC(=O)c1cn(C)c2ccccc12. The van der Waals surface area contributed by atoms with E-state index in [1.165, 1.54) is 0 Å². The lowest BCUT2D eigenvalue weighted by atomic mass is 10.1. The van der Waals surface area contributed by atoms with Crippen LogP contribution in [-0.4, -0.2) is 35.0 Å². The summed E-state index contributed by atoms with van der Waals surface area (Å²) >= 11 is 0. The Kier molecular flexibility index (Phi) is 5.07. The molecule has 0 unspecified atom stereocenters. The number of benzene rings is 2. The van der Waals surface area contributed by atoms with Crippen molar-refractivity contribution in [2.75, 3.05) is 13.7 Å². The fourth-order valence-electron chi connectivity index (χ4n) is 2.98. The van der Waals surface area contributed by atoms with Crippen molar-refractivity contribution >= 4 is 22.8 Å². The summed E-state index contributed by atoms with van der Waals surface area (Å²) in [6, 6.07) is 17.2. The predicted octanol–water partition coefficient (Wildman–Crippen LogP) is 3.55. The maximum atomic E-state index is 12.4. The minimum Gasteiger partial charge on any atom is -0.452 e. The van der Waals surface area contributed by atoms with E-state index in [-0.39, 0.29) is 18.6 Å². The van der Waals surface area contributed by atoms with Crippen molar-refractivity contribution in [2.24, 2.45) is 7.05 Å². The van der Waals surface area contributed by atoms with Gasteiger partial charge in [-0.2, -0.15) is 0 Å². The van der Waals surface area contributed by atoms with Gasteiger partial charge in [0, 0.05) is 31.2 Å². The number of hydrogen-bond acceptors (Lipinski definition) is 3. The lowest BCUT2D eigenvalue weighted by Crippen LogP contribution is -2.33. The molecule has 0 aliphatic heterocycles. The van der Waals surface area contributed by atoms with E-state index in [9.17, 15) is 9.59 Å². The zero-order valence-electron chi connectivity index (χ0n) is 15.2. The molecule has 3 aromatic rings. The van der Waals surface area contributed by atoms with Gasteiger partial charge in [-0.25, -0.2) is 4.79 Å². The first kappa shape index (κ1) is 17.7. The normalized spacial score (nSPS) is 12.0.